The van der Waals surface area contributed by atoms with Crippen LogP contribution in [0.1, 0.15) is 28.3 Å². The van der Waals surface area contributed by atoms with Crippen LogP contribution in [0.5, 0.6) is 5.75 Å². The van der Waals surface area contributed by atoms with Gasteiger partial charge in [-0.25, -0.2) is 12.7 Å². The van der Waals surface area contributed by atoms with E-state index in [1.807, 2.05) is 0 Å². The minimum atomic E-state index is -4.90. The molecule has 5 nitrogen and oxygen atoms in total. The highest BCUT2D eigenvalue weighted by atomic mass is 32.2. The molecule has 0 unspecified atom stereocenters. The van der Waals surface area contributed by atoms with Crippen molar-refractivity contribution in [2.75, 3.05) is 7.11 Å². The summed E-state index contributed by atoms with van der Waals surface area (Å²) in [4.78, 5) is 3.77. The molecule has 0 spiro atoms. The summed E-state index contributed by atoms with van der Waals surface area (Å²) in [7, 11) is -2.92. The summed E-state index contributed by atoms with van der Waals surface area (Å²) in [6, 6.07) is 15.9. The van der Waals surface area contributed by atoms with Gasteiger partial charge in [0.1, 0.15) is 18.1 Å². The number of aryl methyl sites for hydroxylation is 2. The van der Waals surface area contributed by atoms with Gasteiger partial charge in [0.05, 0.1) is 12.0 Å². The Balaban J connectivity index is 1.97. The first-order valence-corrected chi connectivity index (χ1v) is 11.9. The molecule has 2 atom stereocenters. The SMILES string of the molecule is COc1ccc([C@@H]2N(S(=O)(=O)c3ccc(C)cc3)C=N[C@@]2(c2ccc(C)cc2)C(F)(F)F)cc1. The molecule has 0 aromatic heterocycles. The van der Waals surface area contributed by atoms with E-state index in [4.69, 9.17) is 4.74 Å². The minimum Gasteiger partial charge on any atom is -0.497 e. The molecule has 0 N–H and O–H groups in total. The van der Waals surface area contributed by atoms with Crippen molar-refractivity contribution in [1.82, 2.24) is 4.31 Å². The van der Waals surface area contributed by atoms with E-state index in [-0.39, 0.29) is 16.0 Å². The summed E-state index contributed by atoms with van der Waals surface area (Å²) < 4.78 is 77.9. The fourth-order valence-corrected chi connectivity index (χ4v) is 5.55. The molecule has 9 heteroatoms. The maximum Gasteiger partial charge on any atom is 0.420 e. The molecule has 1 heterocycles. The molecule has 0 saturated heterocycles. The van der Waals surface area contributed by atoms with Crippen molar-refractivity contribution in [1.29, 1.82) is 0 Å². The first-order valence-electron chi connectivity index (χ1n) is 10.4. The van der Waals surface area contributed by atoms with Crippen LogP contribution in [0.2, 0.25) is 0 Å². The number of nitrogens with zero attached hydrogens (tertiary/aromatic N) is 2. The Kier molecular flexibility index (Phi) is 5.93. The van der Waals surface area contributed by atoms with E-state index in [1.54, 1.807) is 38.1 Å². The quantitative estimate of drug-likeness (QED) is 0.474. The standard InChI is InChI=1S/C25H23F3N2O3S/c1-17-4-10-20(11-5-17)24(25(26,27)28)23(19-8-12-21(33-3)13-9-19)30(16-29-24)34(31,32)22-14-6-18(2)7-15-22/h4-16,23H,1-3H3/t23-,24+/m0/s1. The first-order chi connectivity index (χ1) is 16.0. The van der Waals surface area contributed by atoms with E-state index in [9.17, 15) is 21.6 Å². The molecule has 3 aromatic carbocycles. The van der Waals surface area contributed by atoms with Gasteiger partial charge in [-0.05, 0) is 49.2 Å². The largest absolute Gasteiger partial charge is 0.497 e. The summed E-state index contributed by atoms with van der Waals surface area (Å²) in [5, 5.41) is 0. The van der Waals surface area contributed by atoms with E-state index in [1.165, 1.54) is 55.6 Å². The van der Waals surface area contributed by atoms with Crippen molar-refractivity contribution < 1.29 is 26.3 Å². The zero-order valence-corrected chi connectivity index (χ0v) is 19.6. The highest BCUT2D eigenvalue weighted by Gasteiger charge is 2.66. The Hall–Kier alpha value is -3.33. The number of methoxy groups -OCH3 is 1. The van der Waals surface area contributed by atoms with Crippen LogP contribution in [0.15, 0.2) is 82.7 Å². The van der Waals surface area contributed by atoms with E-state index in [2.05, 4.69) is 4.99 Å². The lowest BCUT2D eigenvalue weighted by atomic mass is 9.79. The second-order valence-corrected chi connectivity index (χ2v) is 10.0. The Morgan fingerprint density at radius 3 is 1.91 bits per heavy atom. The van der Waals surface area contributed by atoms with Crippen LogP contribution in [0, 0.1) is 13.8 Å². The molecular weight excluding hydrogens is 465 g/mol. The minimum absolute atomic E-state index is 0.120. The highest BCUT2D eigenvalue weighted by Crippen LogP contribution is 2.56. The molecular formula is C25H23F3N2O3S. The molecule has 0 saturated carbocycles. The maximum atomic E-state index is 14.9. The number of sulfonamides is 1. The lowest BCUT2D eigenvalue weighted by Gasteiger charge is -2.38. The van der Waals surface area contributed by atoms with E-state index >= 15 is 0 Å². The summed E-state index contributed by atoms with van der Waals surface area (Å²) in [5.74, 6) is 0.434. The number of rotatable bonds is 5. The lowest BCUT2D eigenvalue weighted by molar-refractivity contribution is -0.197. The molecule has 0 amide bonds. The maximum absolute atomic E-state index is 14.9. The van der Waals surface area contributed by atoms with Crippen LogP contribution in [0.4, 0.5) is 13.2 Å². The van der Waals surface area contributed by atoms with Crippen LogP contribution in [0.25, 0.3) is 0 Å². The Bertz CT molecular complexity index is 1300. The molecule has 1 aliphatic rings. The van der Waals surface area contributed by atoms with Gasteiger partial charge in [0.15, 0.2) is 0 Å². The summed E-state index contributed by atoms with van der Waals surface area (Å²) in [6.45, 7) is 3.55. The van der Waals surface area contributed by atoms with Gasteiger partial charge >= 0.3 is 6.18 Å². The van der Waals surface area contributed by atoms with Gasteiger partial charge in [0, 0.05) is 0 Å². The molecule has 178 valence electrons. The molecule has 1 aliphatic heterocycles. The zero-order valence-electron chi connectivity index (χ0n) is 18.7. The topological polar surface area (TPSA) is 59.0 Å². The monoisotopic (exact) mass is 488 g/mol. The Labute approximate surface area is 196 Å². The van der Waals surface area contributed by atoms with Gasteiger partial charge in [-0.1, -0.05) is 59.7 Å². The van der Waals surface area contributed by atoms with Crippen molar-refractivity contribution >= 4 is 16.4 Å². The predicted octanol–water partition coefficient (Wildman–Crippen LogP) is 5.54. The second kappa shape index (κ2) is 8.47. The number of hydrogen-bond acceptors (Lipinski definition) is 4. The molecule has 0 aliphatic carbocycles. The average Bonchev–Trinajstić information content (AvgIpc) is 3.23. The fourth-order valence-electron chi connectivity index (χ4n) is 4.11. The van der Waals surface area contributed by atoms with Crippen LogP contribution >= 0.6 is 0 Å². The first kappa shape index (κ1) is 23.8. The van der Waals surface area contributed by atoms with Crippen molar-refractivity contribution in [2.45, 2.75) is 36.5 Å². The van der Waals surface area contributed by atoms with Crippen molar-refractivity contribution in [3.05, 3.63) is 95.1 Å². The molecule has 4 rings (SSSR count). The second-order valence-electron chi connectivity index (χ2n) is 8.20. The lowest BCUT2D eigenvalue weighted by Crippen LogP contribution is -2.48. The third-order valence-corrected chi connectivity index (χ3v) is 7.71. The van der Waals surface area contributed by atoms with Gasteiger partial charge in [0.25, 0.3) is 10.0 Å². The van der Waals surface area contributed by atoms with Crippen LogP contribution in [-0.4, -0.2) is 32.3 Å². The predicted molar refractivity (Wildman–Crippen MR) is 123 cm³/mol. The number of aliphatic imine (C=N–C) groups is 1. The summed E-state index contributed by atoms with van der Waals surface area (Å²) >= 11 is 0. The zero-order chi connectivity index (χ0) is 24.7. The van der Waals surface area contributed by atoms with Gasteiger partial charge in [0.2, 0.25) is 5.54 Å². The van der Waals surface area contributed by atoms with Gasteiger partial charge < -0.3 is 4.74 Å². The summed E-state index contributed by atoms with van der Waals surface area (Å²) in [5.41, 5.74) is -1.26. The molecule has 34 heavy (non-hydrogen) atoms. The molecule has 0 bridgehead atoms. The van der Waals surface area contributed by atoms with Crippen molar-refractivity contribution in [3.8, 4) is 5.75 Å². The summed E-state index contributed by atoms with van der Waals surface area (Å²) in [6.07, 6.45) is -4.11. The normalized spacial score (nSPS) is 20.5. The van der Waals surface area contributed by atoms with Crippen LogP contribution in [0.3, 0.4) is 0 Å². The molecule has 0 fully saturated rings. The van der Waals surface area contributed by atoms with Gasteiger partial charge in [-0.15, -0.1) is 0 Å². The third-order valence-electron chi connectivity index (χ3n) is 5.98. The van der Waals surface area contributed by atoms with E-state index in [0.717, 1.165) is 17.5 Å². The Morgan fingerprint density at radius 2 is 1.41 bits per heavy atom. The number of alkyl halides is 3. The smallest absolute Gasteiger partial charge is 0.420 e. The van der Waals surface area contributed by atoms with Gasteiger partial charge in [-0.3, -0.25) is 4.99 Å². The highest BCUT2D eigenvalue weighted by molar-refractivity contribution is 7.89. The molecule has 3 aromatic rings. The van der Waals surface area contributed by atoms with Gasteiger partial charge in [-0.2, -0.15) is 13.2 Å². The third kappa shape index (κ3) is 3.83. The average molecular weight is 489 g/mol. The number of ether oxygens (including phenoxy) is 1. The Morgan fingerprint density at radius 1 is 0.882 bits per heavy atom. The fraction of sp³-hybridized carbons (Fsp3) is 0.240. The van der Waals surface area contributed by atoms with Crippen LogP contribution in [-0.2, 0) is 15.6 Å². The van der Waals surface area contributed by atoms with Crippen LogP contribution < -0.4 is 4.74 Å². The number of benzene rings is 3. The molecule has 0 radical (unpaired) electrons. The van der Waals surface area contributed by atoms with E-state index < -0.39 is 27.8 Å². The van der Waals surface area contributed by atoms with E-state index in [0.29, 0.717) is 10.1 Å². The number of hydrogen-bond donors (Lipinski definition) is 0. The number of halogens is 3. The van der Waals surface area contributed by atoms with Crippen molar-refractivity contribution in [3.63, 3.8) is 0 Å². The van der Waals surface area contributed by atoms with Crippen molar-refractivity contribution in [2.24, 2.45) is 4.99 Å².